The van der Waals surface area contributed by atoms with Crippen LogP contribution >= 0.6 is 11.6 Å². The van der Waals surface area contributed by atoms with Gasteiger partial charge in [-0.2, -0.15) is 0 Å². The van der Waals surface area contributed by atoms with E-state index in [9.17, 15) is 4.79 Å². The fraction of sp³-hybridized carbons (Fsp3) is 0.462. The predicted octanol–water partition coefficient (Wildman–Crippen LogP) is 2.45. The van der Waals surface area contributed by atoms with Crippen molar-refractivity contribution in [1.29, 1.82) is 0 Å². The summed E-state index contributed by atoms with van der Waals surface area (Å²) in [7, 11) is 3.04. The number of carbonyl (C=O) groups is 1. The second-order valence-electron chi connectivity index (χ2n) is 3.89. The molecule has 18 heavy (non-hydrogen) atoms. The molecule has 0 aliphatic heterocycles. The molecule has 0 aliphatic carbocycles. The Kier molecular flexibility index (Phi) is 5.78. The van der Waals surface area contributed by atoms with Gasteiger partial charge in [0.05, 0.1) is 14.2 Å². The summed E-state index contributed by atoms with van der Waals surface area (Å²) in [5.74, 6) is 1.27. The van der Waals surface area contributed by atoms with E-state index >= 15 is 0 Å². The SMILES string of the molecule is COc1cccc(OC)c1C(=O)NC(C)CCCl. The molecule has 1 amide bonds. The first-order valence-corrected chi connectivity index (χ1v) is 6.25. The number of ether oxygens (including phenoxy) is 2. The number of rotatable bonds is 6. The summed E-state index contributed by atoms with van der Waals surface area (Å²) >= 11 is 5.64. The minimum atomic E-state index is -0.220. The Morgan fingerprint density at radius 1 is 1.33 bits per heavy atom. The van der Waals surface area contributed by atoms with Crippen molar-refractivity contribution < 1.29 is 14.3 Å². The van der Waals surface area contributed by atoms with Gasteiger partial charge in [-0.1, -0.05) is 6.07 Å². The van der Waals surface area contributed by atoms with Gasteiger partial charge in [-0.3, -0.25) is 4.79 Å². The van der Waals surface area contributed by atoms with Crippen molar-refractivity contribution in [1.82, 2.24) is 5.32 Å². The molecule has 0 aromatic heterocycles. The number of alkyl halides is 1. The van der Waals surface area contributed by atoms with E-state index in [4.69, 9.17) is 21.1 Å². The molecule has 5 heteroatoms. The first kappa shape index (κ1) is 14.6. The van der Waals surface area contributed by atoms with Crippen LogP contribution in [0.25, 0.3) is 0 Å². The summed E-state index contributed by atoms with van der Waals surface area (Å²) in [5, 5.41) is 2.86. The molecule has 1 aromatic rings. The Bertz CT molecular complexity index is 387. The standard InChI is InChI=1S/C13H18ClNO3/c1-9(7-8-14)15-13(16)12-10(17-2)5-4-6-11(12)18-3/h4-6,9H,7-8H2,1-3H3,(H,15,16). The Morgan fingerprint density at radius 3 is 2.33 bits per heavy atom. The Hall–Kier alpha value is -1.42. The van der Waals surface area contributed by atoms with E-state index in [0.29, 0.717) is 29.4 Å². The highest BCUT2D eigenvalue weighted by Crippen LogP contribution is 2.28. The molecule has 100 valence electrons. The smallest absolute Gasteiger partial charge is 0.259 e. The van der Waals surface area contributed by atoms with Crippen molar-refractivity contribution in [2.24, 2.45) is 0 Å². The highest BCUT2D eigenvalue weighted by molar-refractivity contribution is 6.17. The van der Waals surface area contributed by atoms with E-state index < -0.39 is 0 Å². The van der Waals surface area contributed by atoms with E-state index in [0.717, 1.165) is 0 Å². The van der Waals surface area contributed by atoms with Crippen molar-refractivity contribution in [3.8, 4) is 11.5 Å². The van der Waals surface area contributed by atoms with Gasteiger partial charge < -0.3 is 14.8 Å². The highest BCUT2D eigenvalue weighted by atomic mass is 35.5. The number of benzene rings is 1. The van der Waals surface area contributed by atoms with Crippen molar-refractivity contribution in [3.63, 3.8) is 0 Å². The molecule has 4 nitrogen and oxygen atoms in total. The first-order valence-electron chi connectivity index (χ1n) is 5.71. The Labute approximate surface area is 112 Å². The molecule has 1 rings (SSSR count). The minimum Gasteiger partial charge on any atom is -0.496 e. The van der Waals surface area contributed by atoms with Crippen LogP contribution in [-0.4, -0.2) is 32.0 Å². The van der Waals surface area contributed by atoms with E-state index in [1.54, 1.807) is 18.2 Å². The van der Waals surface area contributed by atoms with Gasteiger partial charge in [0, 0.05) is 11.9 Å². The van der Waals surface area contributed by atoms with Crippen LogP contribution in [0.4, 0.5) is 0 Å². The third kappa shape index (κ3) is 3.53. The highest BCUT2D eigenvalue weighted by Gasteiger charge is 2.19. The van der Waals surface area contributed by atoms with Crippen molar-refractivity contribution in [2.45, 2.75) is 19.4 Å². The summed E-state index contributed by atoms with van der Waals surface area (Å²) in [6.07, 6.45) is 0.713. The van der Waals surface area contributed by atoms with Crippen molar-refractivity contribution >= 4 is 17.5 Å². The molecule has 0 spiro atoms. The number of amides is 1. The number of methoxy groups -OCH3 is 2. The van der Waals surface area contributed by atoms with Gasteiger partial charge >= 0.3 is 0 Å². The quantitative estimate of drug-likeness (QED) is 0.809. The summed E-state index contributed by atoms with van der Waals surface area (Å²) in [6.45, 7) is 1.90. The monoisotopic (exact) mass is 271 g/mol. The van der Waals surface area contributed by atoms with Crippen LogP contribution < -0.4 is 14.8 Å². The van der Waals surface area contributed by atoms with E-state index in [1.165, 1.54) is 14.2 Å². The second-order valence-corrected chi connectivity index (χ2v) is 4.27. The van der Waals surface area contributed by atoms with Crippen LogP contribution in [0, 0.1) is 0 Å². The number of nitrogens with one attached hydrogen (secondary N) is 1. The summed E-state index contributed by atoms with van der Waals surface area (Å²) in [5.41, 5.74) is 0.406. The van der Waals surface area contributed by atoms with Gasteiger partial charge in [-0.05, 0) is 25.5 Å². The zero-order chi connectivity index (χ0) is 13.5. The van der Waals surface area contributed by atoms with Crippen molar-refractivity contribution in [3.05, 3.63) is 23.8 Å². The fourth-order valence-electron chi connectivity index (χ4n) is 1.61. The molecule has 1 aromatic carbocycles. The third-order valence-corrected chi connectivity index (χ3v) is 2.79. The molecule has 1 atom stereocenters. The van der Waals surface area contributed by atoms with E-state index in [1.807, 2.05) is 6.92 Å². The molecule has 0 saturated heterocycles. The zero-order valence-corrected chi connectivity index (χ0v) is 11.6. The maximum absolute atomic E-state index is 12.2. The molecule has 0 bridgehead atoms. The molecule has 0 heterocycles. The average Bonchev–Trinajstić information content (AvgIpc) is 2.37. The number of hydrogen-bond acceptors (Lipinski definition) is 3. The van der Waals surface area contributed by atoms with E-state index in [-0.39, 0.29) is 11.9 Å². The van der Waals surface area contributed by atoms with Gasteiger partial charge in [0.15, 0.2) is 0 Å². The summed E-state index contributed by atoms with van der Waals surface area (Å²) in [4.78, 5) is 12.2. The summed E-state index contributed by atoms with van der Waals surface area (Å²) < 4.78 is 10.4. The lowest BCUT2D eigenvalue weighted by atomic mass is 10.1. The maximum Gasteiger partial charge on any atom is 0.259 e. The maximum atomic E-state index is 12.2. The van der Waals surface area contributed by atoms with Gasteiger partial charge in [0.1, 0.15) is 17.1 Å². The zero-order valence-electron chi connectivity index (χ0n) is 10.8. The molecule has 1 N–H and O–H groups in total. The van der Waals surface area contributed by atoms with Crippen LogP contribution in [0.3, 0.4) is 0 Å². The fourth-order valence-corrected chi connectivity index (χ4v) is 1.93. The lowest BCUT2D eigenvalue weighted by Crippen LogP contribution is -2.33. The van der Waals surface area contributed by atoms with E-state index in [2.05, 4.69) is 5.32 Å². The van der Waals surface area contributed by atoms with Gasteiger partial charge in [0.25, 0.3) is 5.91 Å². The van der Waals surface area contributed by atoms with Crippen LogP contribution in [0.5, 0.6) is 11.5 Å². The molecule has 0 fully saturated rings. The van der Waals surface area contributed by atoms with Gasteiger partial charge in [-0.25, -0.2) is 0 Å². The average molecular weight is 272 g/mol. The third-order valence-electron chi connectivity index (χ3n) is 2.57. The molecule has 1 unspecified atom stereocenters. The normalized spacial score (nSPS) is 11.8. The molecule has 0 radical (unpaired) electrons. The van der Waals surface area contributed by atoms with Crippen LogP contribution in [0.15, 0.2) is 18.2 Å². The number of hydrogen-bond donors (Lipinski definition) is 1. The minimum absolute atomic E-state index is 0.00428. The first-order chi connectivity index (χ1) is 8.63. The lowest BCUT2D eigenvalue weighted by molar-refractivity contribution is 0.0933. The van der Waals surface area contributed by atoms with Crippen LogP contribution in [0.2, 0.25) is 0 Å². The summed E-state index contributed by atoms with van der Waals surface area (Å²) in [6, 6.07) is 5.23. The van der Waals surface area contributed by atoms with Crippen molar-refractivity contribution in [2.75, 3.05) is 20.1 Å². The van der Waals surface area contributed by atoms with Gasteiger partial charge in [-0.15, -0.1) is 11.6 Å². The Morgan fingerprint density at radius 2 is 1.89 bits per heavy atom. The largest absolute Gasteiger partial charge is 0.496 e. The number of halogens is 1. The molecule has 0 aliphatic rings. The topological polar surface area (TPSA) is 47.6 Å². The second kappa shape index (κ2) is 7.11. The molecule has 0 saturated carbocycles. The van der Waals surface area contributed by atoms with Gasteiger partial charge in [0.2, 0.25) is 0 Å². The predicted molar refractivity (Wildman–Crippen MR) is 71.8 cm³/mol. The molecular formula is C13H18ClNO3. The Balaban J connectivity index is 2.96. The van der Waals surface area contributed by atoms with Crippen LogP contribution in [0.1, 0.15) is 23.7 Å². The van der Waals surface area contributed by atoms with Crippen LogP contribution in [-0.2, 0) is 0 Å². The number of carbonyl (C=O) groups excluding carboxylic acids is 1. The lowest BCUT2D eigenvalue weighted by Gasteiger charge is -2.16. The molecular weight excluding hydrogens is 254 g/mol.